The number of carbonyl (C=O) groups is 1. The summed E-state index contributed by atoms with van der Waals surface area (Å²) in [4.78, 5) is 14.2. The van der Waals surface area contributed by atoms with Crippen molar-refractivity contribution in [1.82, 2.24) is 10.2 Å². The number of benzene rings is 1. The van der Waals surface area contributed by atoms with Gasteiger partial charge in [0.1, 0.15) is 0 Å². The van der Waals surface area contributed by atoms with Gasteiger partial charge in [0.05, 0.1) is 0 Å². The average molecular weight is 311 g/mol. The van der Waals surface area contributed by atoms with Gasteiger partial charge in [-0.05, 0) is 36.0 Å². The summed E-state index contributed by atoms with van der Waals surface area (Å²) in [6, 6.07) is 7.78. The number of hydrogen-bond acceptors (Lipinski definition) is 1. The summed E-state index contributed by atoms with van der Waals surface area (Å²) >= 11 is 5.96. The quantitative estimate of drug-likeness (QED) is 0.804. The van der Waals surface area contributed by atoms with Crippen LogP contribution in [0.4, 0.5) is 4.79 Å². The predicted octanol–water partition coefficient (Wildman–Crippen LogP) is 4.21. The van der Waals surface area contributed by atoms with Crippen molar-refractivity contribution in [3.05, 3.63) is 34.9 Å². The molecule has 0 bridgehead atoms. The Morgan fingerprint density at radius 1 is 1.19 bits per heavy atom. The first-order valence-electron chi connectivity index (χ1n) is 7.65. The van der Waals surface area contributed by atoms with Gasteiger partial charge >= 0.3 is 6.03 Å². The molecule has 1 aromatic carbocycles. The Morgan fingerprint density at radius 3 is 2.33 bits per heavy atom. The Hall–Kier alpha value is -1.22. The third kappa shape index (κ3) is 7.37. The van der Waals surface area contributed by atoms with Crippen molar-refractivity contribution in [2.75, 3.05) is 19.6 Å². The maximum atomic E-state index is 12.3. The summed E-state index contributed by atoms with van der Waals surface area (Å²) in [6.45, 7) is 10.7. The monoisotopic (exact) mass is 310 g/mol. The van der Waals surface area contributed by atoms with Gasteiger partial charge < -0.3 is 10.2 Å². The summed E-state index contributed by atoms with van der Waals surface area (Å²) in [7, 11) is 0. The van der Waals surface area contributed by atoms with Crippen molar-refractivity contribution in [2.24, 2.45) is 11.8 Å². The molecule has 0 fully saturated rings. The maximum absolute atomic E-state index is 12.3. The van der Waals surface area contributed by atoms with E-state index in [1.165, 1.54) is 0 Å². The molecule has 2 amide bonds. The molecule has 1 N–H and O–H groups in total. The van der Waals surface area contributed by atoms with Gasteiger partial charge in [0, 0.05) is 24.7 Å². The van der Waals surface area contributed by atoms with Crippen molar-refractivity contribution in [1.29, 1.82) is 0 Å². The molecule has 0 heterocycles. The van der Waals surface area contributed by atoms with E-state index >= 15 is 0 Å². The first kappa shape index (κ1) is 17.8. The minimum atomic E-state index is 0.0272. The molecule has 1 rings (SSSR count). The number of urea groups is 1. The van der Waals surface area contributed by atoms with Crippen LogP contribution in [0.1, 0.15) is 33.3 Å². The van der Waals surface area contributed by atoms with Gasteiger partial charge in [-0.25, -0.2) is 4.79 Å². The Morgan fingerprint density at radius 2 is 1.81 bits per heavy atom. The van der Waals surface area contributed by atoms with Crippen LogP contribution in [0.3, 0.4) is 0 Å². The zero-order valence-corrected chi connectivity index (χ0v) is 14.3. The topological polar surface area (TPSA) is 32.3 Å². The van der Waals surface area contributed by atoms with Crippen LogP contribution in [0, 0.1) is 11.8 Å². The molecule has 0 aliphatic rings. The van der Waals surface area contributed by atoms with E-state index in [9.17, 15) is 4.79 Å². The minimum absolute atomic E-state index is 0.0272. The fourth-order valence-corrected chi connectivity index (χ4v) is 2.45. The Balaban J connectivity index is 2.45. The van der Waals surface area contributed by atoms with Crippen molar-refractivity contribution in [3.63, 3.8) is 0 Å². The number of amides is 2. The van der Waals surface area contributed by atoms with E-state index in [2.05, 4.69) is 33.0 Å². The number of nitrogens with one attached hydrogen (secondary N) is 1. The second kappa shape index (κ2) is 8.93. The van der Waals surface area contributed by atoms with Crippen molar-refractivity contribution in [2.45, 2.75) is 34.1 Å². The van der Waals surface area contributed by atoms with Crippen LogP contribution in [-0.2, 0) is 6.42 Å². The van der Waals surface area contributed by atoms with Gasteiger partial charge in [0.15, 0.2) is 0 Å². The molecule has 0 aromatic heterocycles. The maximum Gasteiger partial charge on any atom is 0.317 e. The van der Waals surface area contributed by atoms with Crippen LogP contribution in [0.25, 0.3) is 0 Å². The normalized spacial score (nSPS) is 11.0. The molecule has 0 unspecified atom stereocenters. The van der Waals surface area contributed by atoms with E-state index in [-0.39, 0.29) is 6.03 Å². The molecular weight excluding hydrogens is 284 g/mol. The van der Waals surface area contributed by atoms with Crippen LogP contribution >= 0.6 is 11.6 Å². The SMILES string of the molecule is CC(C)CN(CC(C)C)C(=O)NCCc1cccc(Cl)c1. The summed E-state index contributed by atoms with van der Waals surface area (Å²) in [5, 5.41) is 3.74. The highest BCUT2D eigenvalue weighted by Crippen LogP contribution is 2.11. The highest BCUT2D eigenvalue weighted by atomic mass is 35.5. The minimum Gasteiger partial charge on any atom is -0.338 e. The van der Waals surface area contributed by atoms with Crippen molar-refractivity contribution in [3.8, 4) is 0 Å². The highest BCUT2D eigenvalue weighted by Gasteiger charge is 2.15. The molecule has 0 saturated heterocycles. The van der Waals surface area contributed by atoms with Crippen LogP contribution in [0.5, 0.6) is 0 Å². The fraction of sp³-hybridized carbons (Fsp3) is 0.588. The first-order valence-corrected chi connectivity index (χ1v) is 8.03. The molecule has 0 saturated carbocycles. The second-order valence-corrected chi connectivity index (χ2v) is 6.74. The van der Waals surface area contributed by atoms with Gasteiger partial charge in [-0.3, -0.25) is 0 Å². The summed E-state index contributed by atoms with van der Waals surface area (Å²) < 4.78 is 0. The van der Waals surface area contributed by atoms with Crippen LogP contribution in [0.15, 0.2) is 24.3 Å². The number of carbonyl (C=O) groups excluding carboxylic acids is 1. The summed E-state index contributed by atoms with van der Waals surface area (Å²) in [6.07, 6.45) is 0.795. The van der Waals surface area contributed by atoms with Crippen LogP contribution < -0.4 is 5.32 Å². The van der Waals surface area contributed by atoms with E-state index in [1.807, 2.05) is 29.2 Å². The lowest BCUT2D eigenvalue weighted by atomic mass is 10.1. The van der Waals surface area contributed by atoms with E-state index in [4.69, 9.17) is 11.6 Å². The second-order valence-electron chi connectivity index (χ2n) is 6.30. The molecular formula is C17H27ClN2O. The molecule has 21 heavy (non-hydrogen) atoms. The summed E-state index contributed by atoms with van der Waals surface area (Å²) in [5.41, 5.74) is 1.14. The summed E-state index contributed by atoms with van der Waals surface area (Å²) in [5.74, 6) is 0.949. The van der Waals surface area contributed by atoms with Gasteiger partial charge in [0.2, 0.25) is 0 Å². The Labute approximate surface area is 133 Å². The van der Waals surface area contributed by atoms with E-state index in [1.54, 1.807) is 0 Å². The zero-order valence-electron chi connectivity index (χ0n) is 13.5. The van der Waals surface area contributed by atoms with E-state index in [0.717, 1.165) is 30.1 Å². The van der Waals surface area contributed by atoms with Crippen molar-refractivity contribution >= 4 is 17.6 Å². The fourth-order valence-electron chi connectivity index (χ4n) is 2.24. The number of hydrogen-bond donors (Lipinski definition) is 1. The van der Waals surface area contributed by atoms with Crippen LogP contribution in [0.2, 0.25) is 5.02 Å². The molecule has 118 valence electrons. The smallest absolute Gasteiger partial charge is 0.317 e. The predicted molar refractivity (Wildman–Crippen MR) is 89.8 cm³/mol. The van der Waals surface area contributed by atoms with Crippen molar-refractivity contribution < 1.29 is 4.79 Å². The van der Waals surface area contributed by atoms with Gasteiger partial charge in [-0.15, -0.1) is 0 Å². The van der Waals surface area contributed by atoms with Gasteiger partial charge in [-0.1, -0.05) is 51.4 Å². The number of nitrogens with zero attached hydrogens (tertiary/aromatic N) is 1. The molecule has 0 aliphatic carbocycles. The molecule has 0 aliphatic heterocycles. The Bertz CT molecular complexity index is 436. The van der Waals surface area contributed by atoms with Gasteiger partial charge in [0.25, 0.3) is 0 Å². The largest absolute Gasteiger partial charge is 0.338 e. The lowest BCUT2D eigenvalue weighted by Gasteiger charge is -2.26. The lowest BCUT2D eigenvalue weighted by Crippen LogP contribution is -2.44. The van der Waals surface area contributed by atoms with E-state index in [0.29, 0.717) is 18.4 Å². The molecule has 0 atom stereocenters. The molecule has 0 spiro atoms. The third-order valence-corrected chi connectivity index (χ3v) is 3.27. The first-order chi connectivity index (χ1) is 9.88. The standard InChI is InChI=1S/C17H27ClN2O/c1-13(2)11-20(12-14(3)4)17(21)19-9-8-15-6-5-7-16(18)10-15/h5-7,10,13-14H,8-9,11-12H2,1-4H3,(H,19,21). The molecule has 4 heteroatoms. The van der Waals surface area contributed by atoms with E-state index < -0.39 is 0 Å². The molecule has 0 radical (unpaired) electrons. The zero-order chi connectivity index (χ0) is 15.8. The lowest BCUT2D eigenvalue weighted by molar-refractivity contribution is 0.183. The van der Waals surface area contributed by atoms with Crippen LogP contribution in [-0.4, -0.2) is 30.6 Å². The number of rotatable bonds is 7. The molecule has 1 aromatic rings. The molecule has 3 nitrogen and oxygen atoms in total. The average Bonchev–Trinajstić information content (AvgIpc) is 2.36. The number of halogens is 1. The Kier molecular flexibility index (Phi) is 7.58. The van der Waals surface area contributed by atoms with Gasteiger partial charge in [-0.2, -0.15) is 0 Å². The highest BCUT2D eigenvalue weighted by molar-refractivity contribution is 6.30. The third-order valence-electron chi connectivity index (χ3n) is 3.04.